The summed E-state index contributed by atoms with van der Waals surface area (Å²) >= 11 is 0. The van der Waals surface area contributed by atoms with Gasteiger partial charge < -0.3 is 10.2 Å². The van der Waals surface area contributed by atoms with Crippen molar-refractivity contribution in [2.24, 2.45) is 5.92 Å². The molecule has 0 radical (unpaired) electrons. The van der Waals surface area contributed by atoms with E-state index in [0.717, 1.165) is 37.1 Å². The molecule has 2 amide bonds. The summed E-state index contributed by atoms with van der Waals surface area (Å²) in [6.45, 7) is 6.22. The second-order valence-electron chi connectivity index (χ2n) is 7.01. The number of amides is 2. The van der Waals surface area contributed by atoms with Crippen molar-refractivity contribution < 1.29 is 9.59 Å². The molecular formula is C21H25N3O2. The quantitative estimate of drug-likeness (QED) is 0.920. The summed E-state index contributed by atoms with van der Waals surface area (Å²) in [5, 5.41) is 2.88. The number of aryl methyl sites for hydroxylation is 1. The number of hydrogen-bond acceptors (Lipinski definition) is 3. The van der Waals surface area contributed by atoms with E-state index in [4.69, 9.17) is 0 Å². The maximum atomic E-state index is 12.7. The van der Waals surface area contributed by atoms with Crippen molar-refractivity contribution in [2.45, 2.75) is 33.2 Å². The van der Waals surface area contributed by atoms with Gasteiger partial charge in [0, 0.05) is 31.4 Å². The third-order valence-electron chi connectivity index (χ3n) is 5.01. The summed E-state index contributed by atoms with van der Waals surface area (Å²) in [5.41, 5.74) is 2.99. The monoisotopic (exact) mass is 351 g/mol. The number of pyridine rings is 1. The molecule has 26 heavy (non-hydrogen) atoms. The highest BCUT2D eigenvalue weighted by Crippen LogP contribution is 2.18. The Balaban J connectivity index is 1.65. The molecule has 1 fully saturated rings. The average molecular weight is 351 g/mol. The molecule has 1 saturated heterocycles. The Morgan fingerprint density at radius 3 is 2.65 bits per heavy atom. The van der Waals surface area contributed by atoms with Crippen LogP contribution in [0.5, 0.6) is 0 Å². The number of likely N-dealkylation sites (tertiary alicyclic amines) is 1. The van der Waals surface area contributed by atoms with Crippen LogP contribution in [0.1, 0.15) is 51.7 Å². The Labute approximate surface area is 154 Å². The second kappa shape index (κ2) is 8.13. The Bertz CT molecular complexity index is 795. The highest BCUT2D eigenvalue weighted by molar-refractivity contribution is 5.98. The molecule has 2 aromatic rings. The molecule has 5 heteroatoms. The van der Waals surface area contributed by atoms with Crippen molar-refractivity contribution in [3.05, 3.63) is 65.0 Å². The van der Waals surface area contributed by atoms with Gasteiger partial charge in [0.1, 0.15) is 5.69 Å². The third kappa shape index (κ3) is 4.28. The Morgan fingerprint density at radius 2 is 1.92 bits per heavy atom. The lowest BCUT2D eigenvalue weighted by Gasteiger charge is -2.30. The van der Waals surface area contributed by atoms with Gasteiger partial charge >= 0.3 is 0 Å². The van der Waals surface area contributed by atoms with Gasteiger partial charge in [-0.2, -0.15) is 0 Å². The van der Waals surface area contributed by atoms with Crippen LogP contribution in [0.15, 0.2) is 42.6 Å². The van der Waals surface area contributed by atoms with E-state index >= 15 is 0 Å². The molecule has 136 valence electrons. The summed E-state index contributed by atoms with van der Waals surface area (Å²) in [4.78, 5) is 31.1. The van der Waals surface area contributed by atoms with Crippen molar-refractivity contribution in [3.63, 3.8) is 0 Å². The van der Waals surface area contributed by atoms with E-state index in [2.05, 4.69) is 17.2 Å². The Hall–Kier alpha value is -2.69. The molecule has 3 rings (SSSR count). The highest BCUT2D eigenvalue weighted by Gasteiger charge is 2.22. The van der Waals surface area contributed by atoms with Crippen LogP contribution in [0.3, 0.4) is 0 Å². The van der Waals surface area contributed by atoms with Crippen LogP contribution in [0.2, 0.25) is 0 Å². The van der Waals surface area contributed by atoms with Crippen LogP contribution in [0.25, 0.3) is 0 Å². The molecule has 0 bridgehead atoms. The van der Waals surface area contributed by atoms with Crippen molar-refractivity contribution in [1.29, 1.82) is 0 Å². The first-order valence-electron chi connectivity index (χ1n) is 9.12. The lowest BCUT2D eigenvalue weighted by atomic mass is 9.98. The van der Waals surface area contributed by atoms with E-state index in [-0.39, 0.29) is 17.5 Å². The fourth-order valence-corrected chi connectivity index (χ4v) is 3.16. The van der Waals surface area contributed by atoms with Crippen LogP contribution in [0.4, 0.5) is 0 Å². The van der Waals surface area contributed by atoms with Crippen molar-refractivity contribution >= 4 is 11.8 Å². The molecule has 1 N–H and O–H groups in total. The molecular weight excluding hydrogens is 326 g/mol. The van der Waals surface area contributed by atoms with Gasteiger partial charge in [-0.25, -0.2) is 0 Å². The molecule has 1 aliphatic rings. The van der Waals surface area contributed by atoms with Crippen LogP contribution < -0.4 is 5.32 Å². The van der Waals surface area contributed by atoms with Gasteiger partial charge in [0.15, 0.2) is 0 Å². The predicted octanol–water partition coefficient (Wildman–Crippen LogP) is 3.19. The fraction of sp³-hybridized carbons (Fsp3) is 0.381. The molecule has 1 aliphatic heterocycles. The van der Waals surface area contributed by atoms with Gasteiger partial charge in [0.05, 0.1) is 0 Å². The summed E-state index contributed by atoms with van der Waals surface area (Å²) in [7, 11) is 0. The van der Waals surface area contributed by atoms with E-state index in [1.54, 1.807) is 12.1 Å². The van der Waals surface area contributed by atoms with Gasteiger partial charge in [-0.3, -0.25) is 14.6 Å². The summed E-state index contributed by atoms with van der Waals surface area (Å²) < 4.78 is 0. The van der Waals surface area contributed by atoms with Crippen LogP contribution >= 0.6 is 0 Å². The lowest BCUT2D eigenvalue weighted by Crippen LogP contribution is -2.38. The molecule has 1 aromatic carbocycles. The number of nitrogens with zero attached hydrogens (tertiary/aromatic N) is 2. The van der Waals surface area contributed by atoms with Gasteiger partial charge in [0.2, 0.25) is 0 Å². The largest absolute Gasteiger partial charge is 0.347 e. The minimum absolute atomic E-state index is 0.0211. The van der Waals surface area contributed by atoms with E-state index in [9.17, 15) is 9.59 Å². The van der Waals surface area contributed by atoms with E-state index < -0.39 is 0 Å². The Morgan fingerprint density at radius 1 is 1.19 bits per heavy atom. The highest BCUT2D eigenvalue weighted by atomic mass is 16.2. The van der Waals surface area contributed by atoms with Crippen LogP contribution in [-0.2, 0) is 6.54 Å². The van der Waals surface area contributed by atoms with Gasteiger partial charge in [-0.05, 0) is 48.9 Å². The molecule has 0 saturated carbocycles. The molecule has 2 heterocycles. The van der Waals surface area contributed by atoms with E-state index in [1.807, 2.05) is 36.1 Å². The number of aromatic nitrogens is 1. The molecule has 5 nitrogen and oxygen atoms in total. The van der Waals surface area contributed by atoms with Gasteiger partial charge in [-0.15, -0.1) is 0 Å². The van der Waals surface area contributed by atoms with Crippen molar-refractivity contribution in [1.82, 2.24) is 15.2 Å². The number of nitrogens with one attached hydrogen (secondary N) is 1. The zero-order chi connectivity index (χ0) is 18.5. The smallest absolute Gasteiger partial charge is 0.270 e. The number of carbonyl (C=O) groups is 2. The molecule has 0 unspecified atom stereocenters. The predicted molar refractivity (Wildman–Crippen MR) is 101 cm³/mol. The number of carbonyl (C=O) groups excluding carboxylic acids is 2. The number of hydrogen-bond donors (Lipinski definition) is 1. The minimum Gasteiger partial charge on any atom is -0.347 e. The molecule has 0 aliphatic carbocycles. The van der Waals surface area contributed by atoms with Crippen LogP contribution in [0, 0.1) is 12.8 Å². The second-order valence-corrected chi connectivity index (χ2v) is 7.01. The number of benzene rings is 1. The molecule has 0 spiro atoms. The first kappa shape index (κ1) is 18.1. The molecule has 1 aromatic heterocycles. The number of piperidine rings is 1. The fourth-order valence-electron chi connectivity index (χ4n) is 3.16. The summed E-state index contributed by atoms with van der Waals surface area (Å²) in [5.74, 6) is 0.377. The average Bonchev–Trinajstić information content (AvgIpc) is 2.67. The van der Waals surface area contributed by atoms with Gasteiger partial charge in [-0.1, -0.05) is 31.2 Å². The maximum absolute atomic E-state index is 12.7. The third-order valence-corrected chi connectivity index (χ3v) is 5.01. The first-order valence-corrected chi connectivity index (χ1v) is 9.12. The topological polar surface area (TPSA) is 62.3 Å². The van der Waals surface area contributed by atoms with Crippen molar-refractivity contribution in [2.75, 3.05) is 13.1 Å². The van der Waals surface area contributed by atoms with E-state index in [0.29, 0.717) is 18.0 Å². The maximum Gasteiger partial charge on any atom is 0.270 e. The lowest BCUT2D eigenvalue weighted by molar-refractivity contribution is 0.0697. The SMILES string of the molecule is Cc1ccccc1CNC(=O)c1cc(C(=O)N2CCC(C)CC2)ccn1. The zero-order valence-corrected chi connectivity index (χ0v) is 15.4. The number of rotatable bonds is 4. The molecule has 0 atom stereocenters. The minimum atomic E-state index is -0.268. The van der Waals surface area contributed by atoms with Crippen molar-refractivity contribution in [3.8, 4) is 0 Å². The first-order chi connectivity index (χ1) is 12.5. The summed E-state index contributed by atoms with van der Waals surface area (Å²) in [6.07, 6.45) is 3.59. The Kier molecular flexibility index (Phi) is 5.66. The standard InChI is InChI=1S/C21H25N3O2/c1-15-8-11-24(12-9-15)21(26)17-7-10-22-19(13-17)20(25)23-14-18-6-4-3-5-16(18)2/h3-7,10,13,15H,8-9,11-12,14H2,1-2H3,(H,23,25). The zero-order valence-electron chi connectivity index (χ0n) is 15.4. The summed E-state index contributed by atoms with van der Waals surface area (Å²) in [6, 6.07) is 11.2. The van der Waals surface area contributed by atoms with Crippen LogP contribution in [-0.4, -0.2) is 34.8 Å². The normalized spacial score (nSPS) is 14.9. The van der Waals surface area contributed by atoms with Gasteiger partial charge in [0.25, 0.3) is 11.8 Å². The van der Waals surface area contributed by atoms with E-state index in [1.165, 1.54) is 6.20 Å².